The Labute approximate surface area is 182 Å². The molecule has 2 heterocycles. The van der Waals surface area contributed by atoms with E-state index in [0.717, 1.165) is 27.9 Å². The number of carbonyl (C=O) groups excluding carboxylic acids is 1. The molecule has 2 aliphatic carbocycles. The number of amidine groups is 1. The summed E-state index contributed by atoms with van der Waals surface area (Å²) >= 11 is 3.35. The first kappa shape index (κ1) is 19.6. The van der Waals surface area contributed by atoms with Crippen LogP contribution in [0.4, 0.5) is 5.69 Å². The lowest BCUT2D eigenvalue weighted by molar-refractivity contribution is -0.124. The van der Waals surface area contributed by atoms with Crippen molar-refractivity contribution < 1.29 is 4.79 Å². The summed E-state index contributed by atoms with van der Waals surface area (Å²) < 4.78 is 0. The van der Waals surface area contributed by atoms with Gasteiger partial charge in [0.25, 0.3) is 5.91 Å². The van der Waals surface area contributed by atoms with E-state index in [1.807, 2.05) is 0 Å². The highest BCUT2D eigenvalue weighted by Gasteiger charge is 2.42. The smallest absolute Gasteiger partial charge is 0.269 e. The maximum absolute atomic E-state index is 13.7. The van der Waals surface area contributed by atoms with Gasteiger partial charge in [-0.3, -0.25) is 14.7 Å². The van der Waals surface area contributed by atoms with E-state index >= 15 is 0 Å². The molecule has 1 aromatic carbocycles. The van der Waals surface area contributed by atoms with E-state index in [1.54, 1.807) is 23.5 Å². The summed E-state index contributed by atoms with van der Waals surface area (Å²) in [6.07, 6.45) is 12.2. The van der Waals surface area contributed by atoms with Gasteiger partial charge in [-0.05, 0) is 49.6 Å². The Hall–Kier alpha value is -1.40. The highest BCUT2D eigenvalue weighted by Crippen LogP contribution is 2.50. The average molecular weight is 428 g/mol. The number of aliphatic imine (C=N–C) groups is 1. The van der Waals surface area contributed by atoms with Crippen molar-refractivity contribution in [1.82, 2.24) is 4.90 Å². The fraction of sp³-hybridized carbons (Fsp3) is 0.565. The third-order valence-electron chi connectivity index (χ3n) is 6.55. The zero-order valence-corrected chi connectivity index (χ0v) is 18.7. The van der Waals surface area contributed by atoms with Crippen molar-refractivity contribution in [3.05, 3.63) is 34.2 Å². The molecule has 3 fully saturated rings. The lowest BCUT2D eigenvalue weighted by Gasteiger charge is -2.31. The fourth-order valence-corrected chi connectivity index (χ4v) is 7.39. The van der Waals surface area contributed by atoms with Gasteiger partial charge in [0.2, 0.25) is 0 Å². The quantitative estimate of drug-likeness (QED) is 0.543. The first-order valence-corrected chi connectivity index (χ1v) is 12.7. The minimum atomic E-state index is 0.179. The van der Waals surface area contributed by atoms with Crippen molar-refractivity contribution in [2.24, 2.45) is 4.99 Å². The van der Waals surface area contributed by atoms with E-state index in [-0.39, 0.29) is 5.91 Å². The van der Waals surface area contributed by atoms with Crippen LogP contribution >= 0.6 is 23.5 Å². The number of thioether (sulfide) groups is 2. The van der Waals surface area contributed by atoms with E-state index in [2.05, 4.69) is 41.1 Å². The van der Waals surface area contributed by atoms with Crippen molar-refractivity contribution in [2.45, 2.75) is 81.2 Å². The summed E-state index contributed by atoms with van der Waals surface area (Å²) in [5, 5.41) is 2.04. The molecular formula is C23H29N3OS2. The summed E-state index contributed by atoms with van der Waals surface area (Å²) in [7, 11) is 2.08. The molecule has 1 saturated heterocycles. The van der Waals surface area contributed by atoms with Crippen LogP contribution in [0.1, 0.15) is 64.2 Å². The number of benzene rings is 1. The minimum absolute atomic E-state index is 0.179. The lowest BCUT2D eigenvalue weighted by Crippen LogP contribution is -2.41. The number of carbonyl (C=O) groups is 1. The molecular weight excluding hydrogens is 398 g/mol. The van der Waals surface area contributed by atoms with Crippen LogP contribution in [0.3, 0.4) is 0 Å². The first-order chi connectivity index (χ1) is 14.2. The molecule has 2 aliphatic heterocycles. The SMILES string of the molecule is CN1/C(=C2/SC(=NC3CCCCC3)N(C3CCCCC3)C2=O)Sc2ccccc21. The van der Waals surface area contributed by atoms with Gasteiger partial charge in [0, 0.05) is 18.0 Å². The summed E-state index contributed by atoms with van der Waals surface area (Å²) in [5.41, 5.74) is 1.19. The predicted octanol–water partition coefficient (Wildman–Crippen LogP) is 5.99. The second-order valence-electron chi connectivity index (χ2n) is 8.54. The molecule has 6 heteroatoms. The maximum Gasteiger partial charge on any atom is 0.269 e. The molecule has 0 N–H and O–H groups in total. The monoisotopic (exact) mass is 427 g/mol. The fourth-order valence-electron chi connectivity index (χ4n) is 4.93. The van der Waals surface area contributed by atoms with Crippen molar-refractivity contribution in [1.29, 1.82) is 0 Å². The molecule has 4 aliphatic rings. The number of amides is 1. The second kappa shape index (κ2) is 8.38. The van der Waals surface area contributed by atoms with Gasteiger partial charge in [0.1, 0.15) is 4.91 Å². The molecule has 154 valence electrons. The van der Waals surface area contributed by atoms with Crippen molar-refractivity contribution in [2.75, 3.05) is 11.9 Å². The van der Waals surface area contributed by atoms with Crippen LogP contribution in [0.15, 0.2) is 44.1 Å². The van der Waals surface area contributed by atoms with Crippen LogP contribution in [-0.2, 0) is 4.79 Å². The van der Waals surface area contributed by atoms with Crippen molar-refractivity contribution >= 4 is 40.3 Å². The average Bonchev–Trinajstić information content (AvgIpc) is 3.26. The van der Waals surface area contributed by atoms with Crippen molar-refractivity contribution in [3.63, 3.8) is 0 Å². The van der Waals surface area contributed by atoms with E-state index in [9.17, 15) is 4.79 Å². The standard InChI is InChI=1S/C23H29N3OS2/c1-25-18-14-8-9-15-19(18)28-22(25)20-21(27)26(17-12-6-3-7-13-17)23(29-20)24-16-10-4-2-5-11-16/h8-9,14-17H,2-7,10-13H2,1H3/b22-20-,24-23?. The van der Waals surface area contributed by atoms with Gasteiger partial charge in [0.05, 0.1) is 16.8 Å². The summed E-state index contributed by atoms with van der Waals surface area (Å²) in [5.74, 6) is 0.179. The van der Waals surface area contributed by atoms with Gasteiger partial charge in [-0.1, -0.05) is 62.4 Å². The highest BCUT2D eigenvalue weighted by molar-refractivity contribution is 8.19. The van der Waals surface area contributed by atoms with Gasteiger partial charge < -0.3 is 4.90 Å². The molecule has 5 rings (SSSR count). The Morgan fingerprint density at radius 1 is 0.931 bits per heavy atom. The lowest BCUT2D eigenvalue weighted by atomic mass is 9.94. The van der Waals surface area contributed by atoms with E-state index in [4.69, 9.17) is 4.99 Å². The largest absolute Gasteiger partial charge is 0.337 e. The molecule has 0 atom stereocenters. The van der Waals surface area contributed by atoms with Crippen LogP contribution < -0.4 is 4.90 Å². The minimum Gasteiger partial charge on any atom is -0.337 e. The molecule has 1 aromatic rings. The molecule has 0 spiro atoms. The molecule has 0 unspecified atom stereocenters. The number of rotatable bonds is 2. The molecule has 4 nitrogen and oxygen atoms in total. The van der Waals surface area contributed by atoms with Gasteiger partial charge in [-0.25, -0.2) is 0 Å². The van der Waals surface area contributed by atoms with Gasteiger partial charge in [-0.15, -0.1) is 0 Å². The molecule has 1 amide bonds. The maximum atomic E-state index is 13.7. The number of hydrogen-bond donors (Lipinski definition) is 0. The topological polar surface area (TPSA) is 35.9 Å². The zero-order chi connectivity index (χ0) is 19.8. The summed E-state index contributed by atoms with van der Waals surface area (Å²) in [6, 6.07) is 9.13. The third-order valence-corrected chi connectivity index (χ3v) is 8.97. The zero-order valence-electron chi connectivity index (χ0n) is 17.1. The van der Waals surface area contributed by atoms with E-state index < -0.39 is 0 Å². The van der Waals surface area contributed by atoms with Crippen LogP contribution in [0.2, 0.25) is 0 Å². The van der Waals surface area contributed by atoms with Crippen LogP contribution in [0.5, 0.6) is 0 Å². The molecule has 0 radical (unpaired) electrons. The first-order valence-electron chi connectivity index (χ1n) is 11.1. The molecule has 2 saturated carbocycles. The van der Waals surface area contributed by atoms with Gasteiger partial charge >= 0.3 is 0 Å². The van der Waals surface area contributed by atoms with Crippen molar-refractivity contribution in [3.8, 4) is 0 Å². The van der Waals surface area contributed by atoms with Gasteiger partial charge in [0.15, 0.2) is 5.17 Å². The Bertz CT molecular complexity index is 853. The Morgan fingerprint density at radius 3 is 2.34 bits per heavy atom. The Kier molecular flexibility index (Phi) is 5.65. The molecule has 29 heavy (non-hydrogen) atoms. The summed E-state index contributed by atoms with van der Waals surface area (Å²) in [6.45, 7) is 0. The Morgan fingerprint density at radius 2 is 1.62 bits per heavy atom. The predicted molar refractivity (Wildman–Crippen MR) is 123 cm³/mol. The number of anilines is 1. The third kappa shape index (κ3) is 3.74. The molecule has 0 bridgehead atoms. The number of para-hydroxylation sites is 1. The van der Waals surface area contributed by atoms with Crippen LogP contribution in [0, 0.1) is 0 Å². The van der Waals surface area contributed by atoms with E-state index in [1.165, 1.54) is 61.9 Å². The molecule has 0 aromatic heterocycles. The Balaban J connectivity index is 1.50. The summed E-state index contributed by atoms with van der Waals surface area (Å²) in [4.78, 5) is 25.2. The van der Waals surface area contributed by atoms with Crippen LogP contribution in [0.25, 0.3) is 0 Å². The number of hydrogen-bond acceptors (Lipinski definition) is 5. The number of nitrogens with zero attached hydrogens (tertiary/aromatic N) is 3. The van der Waals surface area contributed by atoms with Crippen LogP contribution in [-0.4, -0.2) is 35.1 Å². The van der Waals surface area contributed by atoms with E-state index in [0.29, 0.717) is 12.1 Å². The highest BCUT2D eigenvalue weighted by atomic mass is 32.2. The second-order valence-corrected chi connectivity index (χ2v) is 10.5. The normalized spacial score (nSPS) is 27.9. The number of fused-ring (bicyclic) bond motifs is 1. The van der Waals surface area contributed by atoms with Gasteiger partial charge in [-0.2, -0.15) is 0 Å².